The normalized spacial score (nSPS) is 20.1. The third-order valence-electron chi connectivity index (χ3n) is 7.06. The molecule has 0 saturated carbocycles. The first-order valence-corrected chi connectivity index (χ1v) is 12.9. The molecule has 2 saturated heterocycles. The Morgan fingerprint density at radius 3 is 2.72 bits per heavy atom. The maximum absolute atomic E-state index is 14.9. The van der Waals surface area contributed by atoms with Crippen molar-refractivity contribution in [1.29, 1.82) is 0 Å². The minimum atomic E-state index is -1.09. The number of piperazine rings is 1. The summed E-state index contributed by atoms with van der Waals surface area (Å²) in [6.45, 7) is 5.05. The molecule has 2 aliphatic heterocycles. The maximum Gasteiger partial charge on any atom is 0.259 e. The first-order valence-electron chi connectivity index (χ1n) is 12.9. The molecule has 39 heavy (non-hydrogen) atoms. The molecule has 0 spiro atoms. The van der Waals surface area contributed by atoms with Crippen LogP contribution in [0.1, 0.15) is 0 Å². The number of rotatable bonds is 8. The lowest BCUT2D eigenvalue weighted by Crippen LogP contribution is -2.48. The van der Waals surface area contributed by atoms with Gasteiger partial charge in [0.25, 0.3) is 5.78 Å². The van der Waals surface area contributed by atoms with Gasteiger partial charge in [-0.15, -0.1) is 5.10 Å². The SMILES string of the molecule is CN(CCN1CCN(c2ccc(O[C@H]3CNC[C@@H]3F)cc2F)CC1)c1nc(N)n2nc(-c3ccco3)nc2n1. The van der Waals surface area contributed by atoms with Crippen LogP contribution in [-0.4, -0.2) is 101 Å². The number of aromatic nitrogens is 5. The van der Waals surface area contributed by atoms with E-state index in [0.29, 0.717) is 60.9 Å². The molecule has 0 bridgehead atoms. The number of furan rings is 1. The third kappa shape index (κ3) is 5.29. The highest BCUT2D eigenvalue weighted by molar-refractivity contribution is 5.53. The number of anilines is 3. The summed E-state index contributed by atoms with van der Waals surface area (Å²) < 4.78 is 41.1. The molecular formula is C25H30F2N10O2. The van der Waals surface area contributed by atoms with Gasteiger partial charge < -0.3 is 30.0 Å². The molecule has 12 nitrogen and oxygen atoms in total. The van der Waals surface area contributed by atoms with E-state index in [2.05, 4.69) is 30.3 Å². The first-order chi connectivity index (χ1) is 18.9. The van der Waals surface area contributed by atoms with Gasteiger partial charge in [-0.05, 0) is 24.3 Å². The number of nitrogens with zero attached hydrogens (tertiary/aromatic N) is 8. The van der Waals surface area contributed by atoms with Gasteiger partial charge in [0.2, 0.25) is 17.7 Å². The Kier molecular flexibility index (Phi) is 6.87. The molecule has 14 heteroatoms. The third-order valence-corrected chi connectivity index (χ3v) is 7.06. The second kappa shape index (κ2) is 10.6. The molecule has 206 valence electrons. The average molecular weight is 541 g/mol. The molecule has 6 rings (SSSR count). The molecule has 2 fully saturated rings. The van der Waals surface area contributed by atoms with Gasteiger partial charge in [0.1, 0.15) is 17.7 Å². The van der Waals surface area contributed by atoms with Gasteiger partial charge >= 0.3 is 0 Å². The van der Waals surface area contributed by atoms with Crippen LogP contribution in [0.5, 0.6) is 5.75 Å². The van der Waals surface area contributed by atoms with E-state index in [1.807, 2.05) is 16.8 Å². The summed E-state index contributed by atoms with van der Waals surface area (Å²) >= 11 is 0. The van der Waals surface area contributed by atoms with Crippen molar-refractivity contribution in [2.45, 2.75) is 12.3 Å². The molecule has 3 N–H and O–H groups in total. The number of alkyl halides is 1. The van der Waals surface area contributed by atoms with Gasteiger partial charge in [-0.3, -0.25) is 4.90 Å². The van der Waals surface area contributed by atoms with Crippen LogP contribution >= 0.6 is 0 Å². The van der Waals surface area contributed by atoms with Crippen molar-refractivity contribution < 1.29 is 17.9 Å². The van der Waals surface area contributed by atoms with Crippen molar-refractivity contribution in [2.24, 2.45) is 0 Å². The van der Waals surface area contributed by atoms with E-state index in [-0.39, 0.29) is 18.3 Å². The van der Waals surface area contributed by atoms with Crippen molar-refractivity contribution in [1.82, 2.24) is 34.8 Å². The van der Waals surface area contributed by atoms with Crippen LogP contribution in [0, 0.1) is 5.82 Å². The Balaban J connectivity index is 1.02. The smallest absolute Gasteiger partial charge is 0.259 e. The Morgan fingerprint density at radius 1 is 1.15 bits per heavy atom. The number of likely N-dealkylation sites (N-methyl/N-ethyl adjacent to an activating group) is 1. The zero-order valence-corrected chi connectivity index (χ0v) is 21.5. The number of benzene rings is 1. The summed E-state index contributed by atoms with van der Waals surface area (Å²) in [7, 11) is 1.90. The van der Waals surface area contributed by atoms with E-state index in [0.717, 1.165) is 19.6 Å². The predicted molar refractivity (Wildman–Crippen MR) is 141 cm³/mol. The second-order valence-electron chi connectivity index (χ2n) is 9.70. The number of nitrogens with two attached hydrogens (primary N) is 1. The molecule has 0 aliphatic carbocycles. The second-order valence-corrected chi connectivity index (χ2v) is 9.70. The highest BCUT2D eigenvalue weighted by Gasteiger charge is 2.29. The van der Waals surface area contributed by atoms with Gasteiger partial charge in [-0.25, -0.2) is 8.78 Å². The highest BCUT2D eigenvalue weighted by Crippen LogP contribution is 2.27. The Bertz CT molecular complexity index is 1420. The van der Waals surface area contributed by atoms with E-state index in [1.165, 1.54) is 10.6 Å². The fourth-order valence-corrected chi connectivity index (χ4v) is 4.81. The van der Waals surface area contributed by atoms with Crippen LogP contribution in [0.3, 0.4) is 0 Å². The number of ether oxygens (including phenoxy) is 1. The van der Waals surface area contributed by atoms with E-state index < -0.39 is 12.3 Å². The quantitative estimate of drug-likeness (QED) is 0.337. The number of hydrogen-bond acceptors (Lipinski definition) is 11. The van der Waals surface area contributed by atoms with E-state index >= 15 is 0 Å². The van der Waals surface area contributed by atoms with Gasteiger partial charge in [-0.2, -0.15) is 19.5 Å². The molecule has 2 atom stereocenters. The van der Waals surface area contributed by atoms with Crippen molar-refractivity contribution in [3.63, 3.8) is 0 Å². The van der Waals surface area contributed by atoms with Crippen LogP contribution in [-0.2, 0) is 0 Å². The lowest BCUT2D eigenvalue weighted by molar-refractivity contribution is 0.139. The molecule has 5 heterocycles. The molecular weight excluding hydrogens is 510 g/mol. The van der Waals surface area contributed by atoms with Crippen LogP contribution in [0.15, 0.2) is 41.0 Å². The first kappa shape index (κ1) is 25.2. The minimum absolute atomic E-state index is 0.184. The number of hydrogen-bond donors (Lipinski definition) is 2. The lowest BCUT2D eigenvalue weighted by atomic mass is 10.2. The summed E-state index contributed by atoms with van der Waals surface area (Å²) in [5.41, 5.74) is 6.65. The van der Waals surface area contributed by atoms with Gasteiger partial charge in [-0.1, -0.05) is 0 Å². The Hall–Kier alpha value is -4.04. The summed E-state index contributed by atoms with van der Waals surface area (Å²) in [6, 6.07) is 8.29. The number of nitrogen functional groups attached to an aromatic ring is 1. The van der Waals surface area contributed by atoms with E-state index in [1.54, 1.807) is 30.5 Å². The zero-order valence-electron chi connectivity index (χ0n) is 21.5. The van der Waals surface area contributed by atoms with Crippen molar-refractivity contribution in [3.8, 4) is 17.3 Å². The predicted octanol–water partition coefficient (Wildman–Crippen LogP) is 1.45. The number of fused-ring (bicyclic) bond motifs is 1. The van der Waals surface area contributed by atoms with Crippen LogP contribution in [0.2, 0.25) is 0 Å². The Morgan fingerprint density at radius 2 is 2.00 bits per heavy atom. The monoisotopic (exact) mass is 540 g/mol. The van der Waals surface area contributed by atoms with Gasteiger partial charge in [0, 0.05) is 65.5 Å². The zero-order chi connectivity index (χ0) is 26.9. The number of halogens is 2. The molecule has 4 aromatic rings. The van der Waals surface area contributed by atoms with E-state index in [4.69, 9.17) is 14.9 Å². The Labute approximate surface area is 223 Å². The van der Waals surface area contributed by atoms with Crippen LogP contribution < -0.4 is 25.6 Å². The molecule has 2 aliphatic rings. The molecule has 0 unspecified atom stereocenters. The van der Waals surface area contributed by atoms with E-state index in [9.17, 15) is 8.78 Å². The highest BCUT2D eigenvalue weighted by atomic mass is 19.1. The van der Waals surface area contributed by atoms with Crippen LogP contribution in [0.25, 0.3) is 17.4 Å². The average Bonchev–Trinajstić information content (AvgIpc) is 3.70. The maximum atomic E-state index is 14.9. The number of nitrogens with one attached hydrogen (secondary N) is 1. The summed E-state index contributed by atoms with van der Waals surface area (Å²) in [5.74, 6) is 1.87. The molecule has 3 aromatic heterocycles. The fraction of sp³-hybridized carbons (Fsp3) is 0.440. The van der Waals surface area contributed by atoms with Crippen molar-refractivity contribution in [3.05, 3.63) is 42.4 Å². The lowest BCUT2D eigenvalue weighted by Gasteiger charge is -2.36. The summed E-state index contributed by atoms with van der Waals surface area (Å²) in [6.07, 6.45) is -0.124. The molecule has 0 amide bonds. The standard InChI is InChI=1S/C25H30F2N10O2/c1-34(24-31-23(28)37-25(32-24)30-22(33-37)20-3-2-12-38-20)6-7-35-8-10-36(11-9-35)19-5-4-16(13-17(19)26)39-21-15-29-14-18(21)27/h2-5,12-13,18,21,29H,6-11,14-15H2,1H3,(H2,28,30,31,32,33)/t18-,21-/m0/s1. The van der Waals surface area contributed by atoms with Crippen molar-refractivity contribution in [2.75, 3.05) is 74.9 Å². The van der Waals surface area contributed by atoms with Crippen LogP contribution in [0.4, 0.5) is 26.4 Å². The summed E-state index contributed by atoms with van der Waals surface area (Å²) in [5, 5.41) is 7.26. The summed E-state index contributed by atoms with van der Waals surface area (Å²) in [4.78, 5) is 19.6. The van der Waals surface area contributed by atoms with Gasteiger partial charge in [0.05, 0.1) is 12.0 Å². The molecule has 1 aromatic carbocycles. The largest absolute Gasteiger partial charge is 0.486 e. The fourth-order valence-electron chi connectivity index (χ4n) is 4.81. The minimum Gasteiger partial charge on any atom is -0.486 e. The van der Waals surface area contributed by atoms with Gasteiger partial charge in [0.15, 0.2) is 11.9 Å². The topological polar surface area (TPSA) is 126 Å². The molecule has 0 radical (unpaired) electrons. The van der Waals surface area contributed by atoms with Crippen molar-refractivity contribution >= 4 is 23.4 Å².